The zero-order chi connectivity index (χ0) is 20.6. The molecular weight excluding hydrogens is 376 g/mol. The maximum Gasteiger partial charge on any atom is 0.246 e. The van der Waals surface area contributed by atoms with E-state index in [2.05, 4.69) is 39.9 Å². The zero-order valence-corrected chi connectivity index (χ0v) is 17.0. The van der Waals surface area contributed by atoms with Gasteiger partial charge in [-0.05, 0) is 73.2 Å². The first kappa shape index (κ1) is 19.0. The van der Waals surface area contributed by atoms with Crippen molar-refractivity contribution in [1.29, 1.82) is 0 Å². The van der Waals surface area contributed by atoms with Gasteiger partial charge in [0, 0.05) is 25.4 Å². The molecule has 0 aliphatic carbocycles. The van der Waals surface area contributed by atoms with E-state index in [4.69, 9.17) is 0 Å². The van der Waals surface area contributed by atoms with Gasteiger partial charge in [0.15, 0.2) is 0 Å². The van der Waals surface area contributed by atoms with Crippen LogP contribution in [0.3, 0.4) is 0 Å². The number of carbonyl (C=O) groups excluding carboxylic acids is 2. The third-order valence-electron chi connectivity index (χ3n) is 6.65. The Morgan fingerprint density at radius 3 is 2.77 bits per heavy atom. The van der Waals surface area contributed by atoms with Crippen LogP contribution in [0, 0.1) is 5.41 Å². The van der Waals surface area contributed by atoms with Crippen LogP contribution in [0.15, 0.2) is 42.6 Å². The van der Waals surface area contributed by atoms with Crippen molar-refractivity contribution in [2.45, 2.75) is 32.2 Å². The largest absolute Gasteiger partial charge is 0.334 e. The number of hydrogen-bond donors (Lipinski definition) is 2. The Bertz CT molecular complexity index is 1020. The molecule has 6 heteroatoms. The second-order valence-corrected chi connectivity index (χ2v) is 8.55. The summed E-state index contributed by atoms with van der Waals surface area (Å²) in [5.41, 5.74) is 4.17. The predicted octanol–water partition coefficient (Wildman–Crippen LogP) is 2.54. The monoisotopic (exact) mass is 402 g/mol. The van der Waals surface area contributed by atoms with Crippen molar-refractivity contribution in [3.05, 3.63) is 64.9 Å². The standard InChI is InChI=1S/C24H26N4O2/c29-21(28-12-7-18-3-1-2-4-19(18)16-28)6-5-17-13-20-14-24(8-10-25-11-9-24)23(30)27-22(20)26-15-17/h1-6,13,15,25H,7-12,14,16H2,(H,26,27,30)/b6-5+. The Hall–Kier alpha value is -2.99. The molecule has 5 rings (SSSR count). The highest BCUT2D eigenvalue weighted by Crippen LogP contribution is 2.39. The zero-order valence-electron chi connectivity index (χ0n) is 17.0. The quantitative estimate of drug-likeness (QED) is 0.757. The highest BCUT2D eigenvalue weighted by atomic mass is 16.2. The lowest BCUT2D eigenvalue weighted by Crippen LogP contribution is -2.48. The van der Waals surface area contributed by atoms with Crippen molar-refractivity contribution < 1.29 is 9.59 Å². The van der Waals surface area contributed by atoms with Crippen LogP contribution in [0.5, 0.6) is 0 Å². The fraction of sp³-hybridized carbons (Fsp3) is 0.375. The molecule has 0 saturated carbocycles. The van der Waals surface area contributed by atoms with Crippen molar-refractivity contribution in [3.63, 3.8) is 0 Å². The van der Waals surface area contributed by atoms with Crippen LogP contribution in [-0.4, -0.2) is 41.3 Å². The lowest BCUT2D eigenvalue weighted by molar-refractivity contribution is -0.128. The predicted molar refractivity (Wildman–Crippen MR) is 116 cm³/mol. The first-order chi connectivity index (χ1) is 14.6. The first-order valence-corrected chi connectivity index (χ1v) is 10.7. The van der Waals surface area contributed by atoms with E-state index in [1.807, 2.05) is 17.0 Å². The van der Waals surface area contributed by atoms with Crippen molar-refractivity contribution in [3.8, 4) is 0 Å². The third kappa shape index (κ3) is 3.52. The summed E-state index contributed by atoms with van der Waals surface area (Å²) in [5, 5.41) is 6.33. The van der Waals surface area contributed by atoms with Gasteiger partial charge in [-0.25, -0.2) is 4.98 Å². The second-order valence-electron chi connectivity index (χ2n) is 8.55. The van der Waals surface area contributed by atoms with Gasteiger partial charge in [0.1, 0.15) is 5.82 Å². The lowest BCUT2D eigenvalue weighted by atomic mass is 9.71. The van der Waals surface area contributed by atoms with Crippen LogP contribution in [0.25, 0.3) is 6.08 Å². The summed E-state index contributed by atoms with van der Waals surface area (Å²) in [6.07, 6.45) is 8.48. The number of aromatic nitrogens is 1. The van der Waals surface area contributed by atoms with E-state index >= 15 is 0 Å². The normalized spacial score (nSPS) is 20.0. The second kappa shape index (κ2) is 7.69. The number of amides is 2. The molecule has 0 atom stereocenters. The summed E-state index contributed by atoms with van der Waals surface area (Å²) >= 11 is 0. The maximum absolute atomic E-state index is 12.7. The highest BCUT2D eigenvalue weighted by Gasteiger charge is 2.43. The number of benzene rings is 1. The van der Waals surface area contributed by atoms with Gasteiger partial charge in [-0.15, -0.1) is 0 Å². The number of hydrogen-bond acceptors (Lipinski definition) is 4. The van der Waals surface area contributed by atoms with Crippen LogP contribution in [0.4, 0.5) is 5.82 Å². The Balaban J connectivity index is 1.30. The topological polar surface area (TPSA) is 74.3 Å². The number of nitrogens with zero attached hydrogens (tertiary/aromatic N) is 2. The van der Waals surface area contributed by atoms with Crippen molar-refractivity contribution in [1.82, 2.24) is 15.2 Å². The molecule has 30 heavy (non-hydrogen) atoms. The summed E-state index contributed by atoms with van der Waals surface area (Å²) in [6, 6.07) is 10.4. The summed E-state index contributed by atoms with van der Waals surface area (Å²) in [6.45, 7) is 3.13. The minimum Gasteiger partial charge on any atom is -0.334 e. The molecule has 0 unspecified atom stereocenters. The molecule has 4 heterocycles. The number of fused-ring (bicyclic) bond motifs is 2. The molecule has 1 saturated heterocycles. The molecule has 1 aromatic carbocycles. The Labute approximate surface area is 176 Å². The van der Waals surface area contributed by atoms with Crippen LogP contribution >= 0.6 is 0 Å². The molecule has 1 spiro atoms. The number of anilines is 1. The molecule has 3 aliphatic rings. The molecule has 0 bridgehead atoms. The van der Waals surface area contributed by atoms with E-state index < -0.39 is 0 Å². The van der Waals surface area contributed by atoms with Crippen molar-refractivity contribution in [2.24, 2.45) is 5.41 Å². The summed E-state index contributed by atoms with van der Waals surface area (Å²) in [5.74, 6) is 0.762. The lowest BCUT2D eigenvalue weighted by Gasteiger charge is -2.39. The van der Waals surface area contributed by atoms with Gasteiger partial charge in [-0.2, -0.15) is 0 Å². The summed E-state index contributed by atoms with van der Waals surface area (Å²) in [7, 11) is 0. The van der Waals surface area contributed by atoms with Gasteiger partial charge in [-0.1, -0.05) is 24.3 Å². The van der Waals surface area contributed by atoms with E-state index in [1.54, 1.807) is 12.3 Å². The summed E-state index contributed by atoms with van der Waals surface area (Å²) < 4.78 is 0. The minimum absolute atomic E-state index is 0.0188. The number of nitrogens with one attached hydrogen (secondary N) is 2. The smallest absolute Gasteiger partial charge is 0.246 e. The molecule has 2 amide bonds. The van der Waals surface area contributed by atoms with E-state index in [1.165, 1.54) is 11.1 Å². The molecule has 3 aliphatic heterocycles. The van der Waals surface area contributed by atoms with Crippen LogP contribution in [0.2, 0.25) is 0 Å². The fourth-order valence-electron chi connectivity index (χ4n) is 4.82. The first-order valence-electron chi connectivity index (χ1n) is 10.7. The SMILES string of the molecule is O=C(/C=C/c1cnc2c(c1)CC1(CCNCC1)C(=O)N2)N1CCc2ccccc2C1. The van der Waals surface area contributed by atoms with E-state index in [9.17, 15) is 9.59 Å². The summed E-state index contributed by atoms with van der Waals surface area (Å²) in [4.78, 5) is 31.7. The number of pyridine rings is 1. The van der Waals surface area contributed by atoms with E-state index in [0.717, 1.165) is 50.0 Å². The van der Waals surface area contributed by atoms with E-state index in [0.29, 0.717) is 18.8 Å². The Morgan fingerprint density at radius 2 is 1.93 bits per heavy atom. The molecule has 1 fully saturated rings. The minimum atomic E-state index is -0.334. The average Bonchev–Trinajstić information content (AvgIpc) is 2.78. The van der Waals surface area contributed by atoms with Crippen LogP contribution < -0.4 is 10.6 Å². The van der Waals surface area contributed by atoms with Gasteiger partial charge in [0.05, 0.1) is 5.41 Å². The fourth-order valence-corrected chi connectivity index (χ4v) is 4.82. The average molecular weight is 402 g/mol. The number of carbonyl (C=O) groups is 2. The molecule has 0 radical (unpaired) electrons. The number of piperidine rings is 1. The van der Waals surface area contributed by atoms with Gasteiger partial charge in [0.25, 0.3) is 0 Å². The van der Waals surface area contributed by atoms with Gasteiger partial charge in [0.2, 0.25) is 11.8 Å². The van der Waals surface area contributed by atoms with Gasteiger partial charge in [-0.3, -0.25) is 9.59 Å². The molecule has 1 aromatic heterocycles. The van der Waals surface area contributed by atoms with Crippen LogP contribution in [0.1, 0.15) is 35.1 Å². The highest BCUT2D eigenvalue weighted by molar-refractivity contribution is 5.98. The molecular formula is C24H26N4O2. The molecule has 6 nitrogen and oxygen atoms in total. The maximum atomic E-state index is 12.7. The molecule has 2 aromatic rings. The Morgan fingerprint density at radius 1 is 1.13 bits per heavy atom. The van der Waals surface area contributed by atoms with Crippen molar-refractivity contribution >= 4 is 23.7 Å². The third-order valence-corrected chi connectivity index (χ3v) is 6.65. The van der Waals surface area contributed by atoms with Crippen LogP contribution in [-0.2, 0) is 29.0 Å². The van der Waals surface area contributed by atoms with Crippen molar-refractivity contribution in [2.75, 3.05) is 25.0 Å². The van der Waals surface area contributed by atoms with Gasteiger partial charge >= 0.3 is 0 Å². The number of rotatable bonds is 2. The van der Waals surface area contributed by atoms with E-state index in [-0.39, 0.29) is 17.2 Å². The Kier molecular flexibility index (Phi) is 4.87. The molecule has 2 N–H and O–H groups in total. The van der Waals surface area contributed by atoms with Gasteiger partial charge < -0.3 is 15.5 Å². The molecule has 154 valence electrons.